The number of halogens is 1. The Morgan fingerprint density at radius 3 is 2.70 bits per heavy atom. The number of hydrogen-bond acceptors (Lipinski definition) is 1. The predicted octanol–water partition coefficient (Wildman–Crippen LogP) is 1.88. The van der Waals surface area contributed by atoms with Gasteiger partial charge in [0.15, 0.2) is 0 Å². The van der Waals surface area contributed by atoms with Crippen molar-refractivity contribution in [2.45, 2.75) is 25.4 Å². The van der Waals surface area contributed by atoms with Gasteiger partial charge in [-0.15, -0.1) is 0 Å². The third-order valence-corrected chi connectivity index (χ3v) is 1.87. The standard InChI is InChI=1S/C8H11FO/c9-8-4-3-7(6-8)2-1-5-10/h1-2,5,7-8H,3-4,6H2/b2-1+/t7?,8-/m0/s1. The van der Waals surface area contributed by atoms with E-state index in [0.29, 0.717) is 18.8 Å². The molecule has 0 N–H and O–H groups in total. The highest BCUT2D eigenvalue weighted by Gasteiger charge is 2.21. The van der Waals surface area contributed by atoms with E-state index in [9.17, 15) is 9.18 Å². The molecule has 1 nitrogen and oxygen atoms in total. The van der Waals surface area contributed by atoms with Crippen molar-refractivity contribution >= 4 is 6.29 Å². The first-order chi connectivity index (χ1) is 4.83. The minimum absolute atomic E-state index is 0.306. The number of rotatable bonds is 2. The largest absolute Gasteiger partial charge is 0.299 e. The summed E-state index contributed by atoms with van der Waals surface area (Å²) < 4.78 is 12.5. The molecule has 0 aliphatic heterocycles. The number of allylic oxidation sites excluding steroid dienone is 2. The summed E-state index contributed by atoms with van der Waals surface area (Å²) in [6, 6.07) is 0. The Balaban J connectivity index is 2.30. The molecule has 0 heterocycles. The molecule has 1 fully saturated rings. The lowest BCUT2D eigenvalue weighted by molar-refractivity contribution is -0.104. The molecule has 0 aromatic rings. The van der Waals surface area contributed by atoms with Crippen LogP contribution in [0.5, 0.6) is 0 Å². The van der Waals surface area contributed by atoms with Gasteiger partial charge in [0.1, 0.15) is 12.5 Å². The smallest absolute Gasteiger partial charge is 0.142 e. The van der Waals surface area contributed by atoms with Crippen LogP contribution in [0, 0.1) is 5.92 Å². The molecule has 2 atom stereocenters. The summed E-state index contributed by atoms with van der Waals surface area (Å²) in [4.78, 5) is 9.86. The Labute approximate surface area is 59.9 Å². The zero-order valence-corrected chi connectivity index (χ0v) is 5.79. The molecule has 1 saturated carbocycles. The van der Waals surface area contributed by atoms with Gasteiger partial charge in [-0.3, -0.25) is 4.79 Å². The summed E-state index contributed by atoms with van der Waals surface area (Å²) in [5, 5.41) is 0. The molecule has 0 aromatic heterocycles. The molecule has 1 unspecified atom stereocenters. The first kappa shape index (κ1) is 7.45. The fourth-order valence-electron chi connectivity index (χ4n) is 1.34. The van der Waals surface area contributed by atoms with Crippen LogP contribution in [-0.2, 0) is 4.79 Å². The van der Waals surface area contributed by atoms with Gasteiger partial charge in [0, 0.05) is 0 Å². The lowest BCUT2D eigenvalue weighted by atomic mass is 10.1. The molecule has 56 valence electrons. The molecule has 0 aromatic carbocycles. The van der Waals surface area contributed by atoms with E-state index in [4.69, 9.17) is 0 Å². The van der Waals surface area contributed by atoms with Gasteiger partial charge >= 0.3 is 0 Å². The van der Waals surface area contributed by atoms with Crippen molar-refractivity contribution in [3.8, 4) is 0 Å². The second kappa shape index (κ2) is 3.49. The van der Waals surface area contributed by atoms with Gasteiger partial charge in [0.05, 0.1) is 0 Å². The third-order valence-electron chi connectivity index (χ3n) is 1.87. The molecule has 0 amide bonds. The van der Waals surface area contributed by atoms with Crippen molar-refractivity contribution in [3.05, 3.63) is 12.2 Å². The van der Waals surface area contributed by atoms with Crippen LogP contribution in [0.15, 0.2) is 12.2 Å². The Bertz CT molecular complexity index is 142. The van der Waals surface area contributed by atoms with Gasteiger partial charge in [-0.2, -0.15) is 0 Å². The first-order valence-electron chi connectivity index (χ1n) is 3.59. The molecule has 0 radical (unpaired) electrons. The number of hydrogen-bond donors (Lipinski definition) is 0. The van der Waals surface area contributed by atoms with Gasteiger partial charge < -0.3 is 0 Å². The average molecular weight is 142 g/mol. The predicted molar refractivity (Wildman–Crippen MR) is 37.4 cm³/mol. The van der Waals surface area contributed by atoms with E-state index in [-0.39, 0.29) is 0 Å². The third kappa shape index (κ3) is 1.94. The summed E-state index contributed by atoms with van der Waals surface area (Å²) >= 11 is 0. The normalized spacial score (nSPS) is 33.3. The quantitative estimate of drug-likeness (QED) is 0.425. The van der Waals surface area contributed by atoms with Gasteiger partial charge in [0.2, 0.25) is 0 Å². The van der Waals surface area contributed by atoms with Crippen LogP contribution in [0.3, 0.4) is 0 Å². The maximum absolute atomic E-state index is 12.5. The molecule has 2 heteroatoms. The minimum Gasteiger partial charge on any atom is -0.299 e. The summed E-state index contributed by atoms with van der Waals surface area (Å²) in [7, 11) is 0. The molecule has 1 aliphatic rings. The molecule has 0 spiro atoms. The zero-order valence-electron chi connectivity index (χ0n) is 5.79. The van der Waals surface area contributed by atoms with Crippen LogP contribution in [0.4, 0.5) is 4.39 Å². The second-order valence-electron chi connectivity index (χ2n) is 2.69. The van der Waals surface area contributed by atoms with E-state index in [1.54, 1.807) is 6.08 Å². The zero-order chi connectivity index (χ0) is 7.40. The monoisotopic (exact) mass is 142 g/mol. The van der Waals surface area contributed by atoms with Crippen molar-refractivity contribution < 1.29 is 9.18 Å². The van der Waals surface area contributed by atoms with Crippen LogP contribution in [0.25, 0.3) is 0 Å². The molecule has 0 saturated heterocycles. The molecular weight excluding hydrogens is 131 g/mol. The van der Waals surface area contributed by atoms with Crippen LogP contribution in [-0.4, -0.2) is 12.5 Å². The maximum Gasteiger partial charge on any atom is 0.142 e. The van der Waals surface area contributed by atoms with Crippen molar-refractivity contribution in [1.29, 1.82) is 0 Å². The number of alkyl halides is 1. The SMILES string of the molecule is O=C/C=C/C1CC[C@H](F)C1. The molecule has 1 aliphatic carbocycles. The molecule has 10 heavy (non-hydrogen) atoms. The Kier molecular flexibility index (Phi) is 2.60. The van der Waals surface area contributed by atoms with Crippen molar-refractivity contribution in [3.63, 3.8) is 0 Å². The fraction of sp³-hybridized carbons (Fsp3) is 0.625. The van der Waals surface area contributed by atoms with E-state index < -0.39 is 6.17 Å². The Hall–Kier alpha value is -0.660. The van der Waals surface area contributed by atoms with Crippen LogP contribution >= 0.6 is 0 Å². The van der Waals surface area contributed by atoms with Crippen LogP contribution in [0.2, 0.25) is 0 Å². The number of aldehydes is 1. The first-order valence-corrected chi connectivity index (χ1v) is 3.59. The second-order valence-corrected chi connectivity index (χ2v) is 2.69. The summed E-state index contributed by atoms with van der Waals surface area (Å²) in [5.74, 6) is 0.306. The highest BCUT2D eigenvalue weighted by Crippen LogP contribution is 2.28. The van der Waals surface area contributed by atoms with E-state index in [1.807, 2.05) is 0 Å². The lowest BCUT2D eigenvalue weighted by Crippen LogP contribution is -1.91. The lowest BCUT2D eigenvalue weighted by Gasteiger charge is -1.97. The van der Waals surface area contributed by atoms with Gasteiger partial charge in [-0.05, 0) is 31.3 Å². The van der Waals surface area contributed by atoms with Crippen molar-refractivity contribution in [2.24, 2.45) is 5.92 Å². The minimum atomic E-state index is -0.638. The Morgan fingerprint density at radius 2 is 2.20 bits per heavy atom. The summed E-state index contributed by atoms with van der Waals surface area (Å²) in [5.41, 5.74) is 0. The average Bonchev–Trinajstić information content (AvgIpc) is 2.31. The van der Waals surface area contributed by atoms with Gasteiger partial charge in [-0.1, -0.05) is 6.08 Å². The van der Waals surface area contributed by atoms with E-state index in [2.05, 4.69) is 0 Å². The van der Waals surface area contributed by atoms with Crippen molar-refractivity contribution in [2.75, 3.05) is 0 Å². The van der Waals surface area contributed by atoms with Gasteiger partial charge in [0.25, 0.3) is 0 Å². The number of carbonyl (C=O) groups excluding carboxylic acids is 1. The molecular formula is C8H11FO. The van der Waals surface area contributed by atoms with Gasteiger partial charge in [-0.25, -0.2) is 4.39 Å². The fourth-order valence-corrected chi connectivity index (χ4v) is 1.34. The van der Waals surface area contributed by atoms with E-state index in [1.165, 1.54) is 6.08 Å². The highest BCUT2D eigenvalue weighted by molar-refractivity contribution is 5.64. The van der Waals surface area contributed by atoms with E-state index in [0.717, 1.165) is 12.7 Å². The molecule has 1 rings (SSSR count). The van der Waals surface area contributed by atoms with E-state index >= 15 is 0 Å². The van der Waals surface area contributed by atoms with Crippen LogP contribution < -0.4 is 0 Å². The van der Waals surface area contributed by atoms with Crippen LogP contribution in [0.1, 0.15) is 19.3 Å². The molecule has 0 bridgehead atoms. The van der Waals surface area contributed by atoms with Crippen molar-refractivity contribution in [1.82, 2.24) is 0 Å². The number of carbonyl (C=O) groups is 1. The summed E-state index contributed by atoms with van der Waals surface area (Å²) in [6.07, 6.45) is 5.52. The highest BCUT2D eigenvalue weighted by atomic mass is 19.1. The Morgan fingerprint density at radius 1 is 1.40 bits per heavy atom. The maximum atomic E-state index is 12.5. The summed E-state index contributed by atoms with van der Waals surface area (Å²) in [6.45, 7) is 0. The topological polar surface area (TPSA) is 17.1 Å².